The molecule has 0 spiro atoms. The molecule has 3 aromatic heterocycles. The van der Waals surface area contributed by atoms with Gasteiger partial charge in [-0.3, -0.25) is 9.97 Å². The molecule has 0 amide bonds. The molecule has 5 rings (SSSR count). The first-order chi connectivity index (χ1) is 16.7. The number of benzene rings is 1. The minimum absolute atomic E-state index is 0.0300. The van der Waals surface area contributed by atoms with Crippen LogP contribution < -0.4 is 10.7 Å². The molecule has 1 aromatic carbocycles. The second-order valence-electron chi connectivity index (χ2n) is 8.04. The summed E-state index contributed by atoms with van der Waals surface area (Å²) in [5, 5.41) is 6.95. The zero-order valence-electron chi connectivity index (χ0n) is 18.4. The molecule has 0 N–H and O–H groups in total. The van der Waals surface area contributed by atoms with Crippen molar-refractivity contribution in [2.24, 2.45) is 0 Å². The summed E-state index contributed by atoms with van der Waals surface area (Å²) in [7, 11) is 1.77. The molecule has 7 nitrogen and oxygen atoms in total. The van der Waals surface area contributed by atoms with Crippen LogP contribution in [-0.4, -0.2) is 38.0 Å². The van der Waals surface area contributed by atoms with Crippen LogP contribution in [0.25, 0.3) is 11.1 Å². The van der Waals surface area contributed by atoms with Crippen LogP contribution in [0.3, 0.4) is 0 Å². The van der Waals surface area contributed by atoms with Crippen molar-refractivity contribution in [2.75, 3.05) is 18.6 Å². The zero-order chi connectivity index (χ0) is 24.7. The molecule has 0 bridgehead atoms. The lowest BCUT2D eigenvalue weighted by molar-refractivity contribution is -0.141. The molecule has 4 aromatic rings. The maximum atomic E-state index is 13.3. The summed E-state index contributed by atoms with van der Waals surface area (Å²) < 4.78 is 41.3. The van der Waals surface area contributed by atoms with Gasteiger partial charge in [0, 0.05) is 36.2 Å². The highest BCUT2D eigenvalue weighted by Gasteiger charge is 2.32. The Kier molecular flexibility index (Phi) is 5.68. The van der Waals surface area contributed by atoms with Gasteiger partial charge in [-0.2, -0.15) is 17.8 Å². The van der Waals surface area contributed by atoms with Crippen molar-refractivity contribution >= 4 is 22.7 Å². The van der Waals surface area contributed by atoms with E-state index in [2.05, 4.69) is 15.1 Å². The van der Waals surface area contributed by atoms with Gasteiger partial charge < -0.3 is 5.01 Å². The number of fused-ring (bicyclic) bond motifs is 1. The van der Waals surface area contributed by atoms with Crippen LogP contribution >= 0.6 is 11.6 Å². The molecule has 0 saturated carbocycles. The smallest absolute Gasteiger partial charge is 0.305 e. The number of nitrogens with zero attached hydrogens (tertiary/aromatic N) is 6. The molecule has 35 heavy (non-hydrogen) atoms. The second-order valence-corrected chi connectivity index (χ2v) is 8.47. The van der Waals surface area contributed by atoms with Gasteiger partial charge in [0.15, 0.2) is 5.82 Å². The first kappa shape index (κ1) is 22.9. The third-order valence-electron chi connectivity index (χ3n) is 5.68. The number of aromatic nitrogens is 5. The lowest BCUT2D eigenvalue weighted by Gasteiger charge is -2.30. The third kappa shape index (κ3) is 4.32. The first-order valence-corrected chi connectivity index (χ1v) is 10.9. The molecular weight excluding hydrogens is 481 g/mol. The standard InChI is InChI=1S/C24H18ClF3N6O/c1-32-14-19(16-3-5-18(25)6-4-16)21(17-8-10-29-11-9-17)22-31-33(23(35)34(22)32)13-15-2-7-20(30-12-15)24(26,27)28/h2-12H,13-14H2,1H3. The van der Waals surface area contributed by atoms with Crippen LogP contribution in [0.2, 0.25) is 5.02 Å². The van der Waals surface area contributed by atoms with Crippen LogP contribution in [-0.2, 0) is 12.7 Å². The first-order valence-electron chi connectivity index (χ1n) is 10.6. The molecule has 0 saturated heterocycles. The molecule has 4 heterocycles. The Morgan fingerprint density at radius 2 is 1.71 bits per heavy atom. The van der Waals surface area contributed by atoms with Gasteiger partial charge >= 0.3 is 11.9 Å². The van der Waals surface area contributed by atoms with E-state index >= 15 is 0 Å². The van der Waals surface area contributed by atoms with Gasteiger partial charge in [0.25, 0.3) is 0 Å². The Labute approximate surface area is 202 Å². The van der Waals surface area contributed by atoms with Gasteiger partial charge in [0.1, 0.15) is 5.69 Å². The molecule has 11 heteroatoms. The molecular formula is C24H18ClF3N6O. The molecule has 0 atom stereocenters. The highest BCUT2D eigenvalue weighted by molar-refractivity contribution is 6.30. The second kappa shape index (κ2) is 8.70. The number of alkyl halides is 3. The fraction of sp³-hybridized carbons (Fsp3) is 0.167. The topological polar surface area (TPSA) is 68.8 Å². The maximum Gasteiger partial charge on any atom is 0.433 e. The van der Waals surface area contributed by atoms with Crippen LogP contribution in [0.4, 0.5) is 13.2 Å². The summed E-state index contributed by atoms with van der Waals surface area (Å²) in [4.78, 5) is 20.9. The average molecular weight is 499 g/mol. The van der Waals surface area contributed by atoms with E-state index in [0.29, 0.717) is 23.0 Å². The van der Waals surface area contributed by atoms with Gasteiger partial charge in [-0.15, -0.1) is 5.10 Å². The van der Waals surface area contributed by atoms with Crippen LogP contribution in [0.5, 0.6) is 0 Å². The normalized spacial score (nSPS) is 13.8. The predicted molar refractivity (Wildman–Crippen MR) is 125 cm³/mol. The Balaban J connectivity index is 1.63. The van der Waals surface area contributed by atoms with Gasteiger partial charge in [-0.25, -0.2) is 9.48 Å². The number of likely N-dealkylation sites (N-methyl/N-ethyl adjacent to an activating group) is 1. The zero-order valence-corrected chi connectivity index (χ0v) is 19.1. The predicted octanol–water partition coefficient (Wildman–Crippen LogP) is 4.10. The molecule has 178 valence electrons. The van der Waals surface area contributed by atoms with Crippen molar-refractivity contribution in [3.05, 3.63) is 111 Å². The lowest BCUT2D eigenvalue weighted by atomic mass is 9.93. The number of halogens is 4. The van der Waals surface area contributed by atoms with Crippen LogP contribution in [0.15, 0.2) is 71.9 Å². The molecule has 0 unspecified atom stereocenters. The van der Waals surface area contributed by atoms with Gasteiger partial charge in [0.2, 0.25) is 0 Å². The molecule has 0 fully saturated rings. The number of hydrogen-bond donors (Lipinski definition) is 0. The summed E-state index contributed by atoms with van der Waals surface area (Å²) in [6.45, 7) is 0.386. The third-order valence-corrected chi connectivity index (χ3v) is 5.93. The number of hydrogen-bond acceptors (Lipinski definition) is 5. The fourth-order valence-corrected chi connectivity index (χ4v) is 4.17. The SMILES string of the molecule is CN1CC(c2ccc(Cl)cc2)=C(c2ccncc2)c2nn(Cc3ccc(C(F)(F)F)nc3)c(=O)n21. The maximum absolute atomic E-state index is 13.3. The fourth-order valence-electron chi connectivity index (χ4n) is 4.05. The molecule has 1 aliphatic heterocycles. The monoisotopic (exact) mass is 498 g/mol. The van der Waals surface area contributed by atoms with Crippen molar-refractivity contribution in [1.29, 1.82) is 0 Å². The van der Waals surface area contributed by atoms with E-state index < -0.39 is 17.6 Å². The Morgan fingerprint density at radius 1 is 1.00 bits per heavy atom. The Bertz CT molecular complexity index is 1460. The summed E-state index contributed by atoms with van der Waals surface area (Å²) in [5.41, 5.74) is 2.47. The van der Waals surface area contributed by atoms with E-state index in [0.717, 1.165) is 34.5 Å². The quantitative estimate of drug-likeness (QED) is 0.424. The van der Waals surface area contributed by atoms with Crippen molar-refractivity contribution in [1.82, 2.24) is 24.4 Å². The van der Waals surface area contributed by atoms with Crippen LogP contribution in [0.1, 0.15) is 28.2 Å². The van der Waals surface area contributed by atoms with E-state index in [1.807, 2.05) is 24.3 Å². The Hall–Kier alpha value is -3.92. The lowest BCUT2D eigenvalue weighted by Crippen LogP contribution is -2.44. The van der Waals surface area contributed by atoms with Gasteiger partial charge in [0.05, 0.1) is 13.1 Å². The van der Waals surface area contributed by atoms with E-state index in [4.69, 9.17) is 11.6 Å². The molecule has 0 aliphatic carbocycles. The van der Waals surface area contributed by atoms with Gasteiger partial charge in [-0.05, 0) is 52.6 Å². The van der Waals surface area contributed by atoms with E-state index in [1.165, 1.54) is 15.4 Å². The van der Waals surface area contributed by atoms with E-state index in [-0.39, 0.29) is 6.54 Å². The largest absolute Gasteiger partial charge is 0.433 e. The summed E-state index contributed by atoms with van der Waals surface area (Å²) in [5.74, 6) is 0.416. The number of pyridine rings is 2. The van der Waals surface area contributed by atoms with Crippen LogP contribution in [0, 0.1) is 0 Å². The molecule has 1 aliphatic rings. The highest BCUT2D eigenvalue weighted by Crippen LogP contribution is 2.34. The molecule has 0 radical (unpaired) electrons. The average Bonchev–Trinajstić information content (AvgIpc) is 3.16. The van der Waals surface area contributed by atoms with E-state index in [1.54, 1.807) is 36.6 Å². The van der Waals surface area contributed by atoms with Crippen molar-refractivity contribution < 1.29 is 13.2 Å². The summed E-state index contributed by atoms with van der Waals surface area (Å²) in [6, 6.07) is 13.3. The van der Waals surface area contributed by atoms with Crippen molar-refractivity contribution in [3.8, 4) is 0 Å². The number of rotatable bonds is 4. The minimum Gasteiger partial charge on any atom is -0.305 e. The Morgan fingerprint density at radius 3 is 2.34 bits per heavy atom. The minimum atomic E-state index is -4.53. The van der Waals surface area contributed by atoms with Crippen molar-refractivity contribution in [3.63, 3.8) is 0 Å². The summed E-state index contributed by atoms with van der Waals surface area (Å²) >= 11 is 6.09. The summed E-state index contributed by atoms with van der Waals surface area (Å²) in [6.07, 6.45) is -0.106. The van der Waals surface area contributed by atoms with Crippen molar-refractivity contribution in [2.45, 2.75) is 12.7 Å². The van der Waals surface area contributed by atoms with Gasteiger partial charge in [-0.1, -0.05) is 29.8 Å². The van der Waals surface area contributed by atoms with E-state index in [9.17, 15) is 18.0 Å². The highest BCUT2D eigenvalue weighted by atomic mass is 35.5.